The van der Waals surface area contributed by atoms with E-state index in [1.807, 2.05) is 0 Å². The largest absolute Gasteiger partial charge is 0.497 e. The fourth-order valence-corrected chi connectivity index (χ4v) is 2.83. The predicted molar refractivity (Wildman–Crippen MR) is 108 cm³/mol. The predicted octanol–water partition coefficient (Wildman–Crippen LogP) is 2.77. The SMILES string of the molecule is COc1ccc(N)c(NC(=O)C2CCN(c3cnccn3)CC2)c1.Cl.Cl. The first-order valence-electron chi connectivity index (χ1n) is 7.92. The molecule has 3 N–H and O–H groups in total. The lowest BCUT2D eigenvalue weighted by Crippen LogP contribution is -2.38. The topological polar surface area (TPSA) is 93.4 Å². The molecule has 2 aromatic rings. The number of benzene rings is 1. The van der Waals surface area contributed by atoms with E-state index >= 15 is 0 Å². The molecule has 3 rings (SSSR count). The van der Waals surface area contributed by atoms with E-state index in [9.17, 15) is 4.79 Å². The summed E-state index contributed by atoms with van der Waals surface area (Å²) < 4.78 is 5.17. The summed E-state index contributed by atoms with van der Waals surface area (Å²) in [5.41, 5.74) is 7.05. The van der Waals surface area contributed by atoms with E-state index in [-0.39, 0.29) is 36.6 Å². The van der Waals surface area contributed by atoms with E-state index in [2.05, 4.69) is 20.2 Å². The van der Waals surface area contributed by atoms with Crippen molar-refractivity contribution in [3.8, 4) is 5.75 Å². The Labute approximate surface area is 165 Å². The molecule has 7 nitrogen and oxygen atoms in total. The fourth-order valence-electron chi connectivity index (χ4n) is 2.83. The standard InChI is InChI=1S/C17H21N5O2.2ClH/c1-24-13-2-3-14(18)15(10-13)21-17(23)12-4-8-22(9-5-12)16-11-19-6-7-20-16;;/h2-3,6-7,10-12H,4-5,8-9,18H2,1H3,(H,21,23);2*1H. The second-order valence-corrected chi connectivity index (χ2v) is 5.77. The van der Waals surface area contributed by atoms with Crippen LogP contribution in [-0.4, -0.2) is 36.1 Å². The van der Waals surface area contributed by atoms with Crippen molar-refractivity contribution in [1.82, 2.24) is 9.97 Å². The maximum Gasteiger partial charge on any atom is 0.227 e. The third-order valence-corrected chi connectivity index (χ3v) is 4.26. The van der Waals surface area contributed by atoms with Gasteiger partial charge in [-0.15, -0.1) is 24.8 Å². The molecular weight excluding hydrogens is 377 g/mol. The summed E-state index contributed by atoms with van der Waals surface area (Å²) in [6.45, 7) is 1.56. The molecule has 1 aliphatic heterocycles. The summed E-state index contributed by atoms with van der Waals surface area (Å²) in [4.78, 5) is 23.0. The molecular formula is C17H23Cl2N5O2. The number of amides is 1. The first-order chi connectivity index (χ1) is 11.7. The molecule has 0 saturated carbocycles. The Kier molecular flexibility index (Phi) is 8.41. The van der Waals surface area contributed by atoms with Gasteiger partial charge in [-0.3, -0.25) is 9.78 Å². The first kappa shape index (κ1) is 21.8. The highest BCUT2D eigenvalue weighted by atomic mass is 35.5. The molecule has 1 amide bonds. The fraction of sp³-hybridized carbons (Fsp3) is 0.353. The van der Waals surface area contributed by atoms with Gasteiger partial charge in [0.25, 0.3) is 0 Å². The number of ether oxygens (including phenoxy) is 1. The Balaban J connectivity index is 0.00000169. The average Bonchev–Trinajstić information content (AvgIpc) is 2.64. The van der Waals surface area contributed by atoms with Gasteiger partial charge in [-0.25, -0.2) is 4.98 Å². The van der Waals surface area contributed by atoms with Gasteiger partial charge in [0.1, 0.15) is 11.6 Å². The second kappa shape index (κ2) is 10.0. The highest BCUT2D eigenvalue weighted by molar-refractivity contribution is 5.95. The molecule has 2 heterocycles. The van der Waals surface area contributed by atoms with E-state index in [0.717, 1.165) is 31.7 Å². The van der Waals surface area contributed by atoms with Gasteiger partial charge in [-0.1, -0.05) is 0 Å². The van der Waals surface area contributed by atoms with Crippen molar-refractivity contribution in [2.75, 3.05) is 36.1 Å². The van der Waals surface area contributed by atoms with Crippen LogP contribution in [0.15, 0.2) is 36.8 Å². The van der Waals surface area contributed by atoms with Crippen LogP contribution >= 0.6 is 24.8 Å². The van der Waals surface area contributed by atoms with Crippen LogP contribution < -0.4 is 20.7 Å². The van der Waals surface area contributed by atoms with Crippen LogP contribution in [0.4, 0.5) is 17.2 Å². The van der Waals surface area contributed by atoms with E-state index in [0.29, 0.717) is 17.1 Å². The number of anilines is 3. The van der Waals surface area contributed by atoms with Gasteiger partial charge >= 0.3 is 0 Å². The van der Waals surface area contributed by atoms with E-state index in [4.69, 9.17) is 10.5 Å². The maximum atomic E-state index is 12.5. The Morgan fingerprint density at radius 3 is 2.62 bits per heavy atom. The number of piperidine rings is 1. The van der Waals surface area contributed by atoms with Crippen LogP contribution in [0.25, 0.3) is 0 Å². The van der Waals surface area contributed by atoms with Crippen LogP contribution in [0, 0.1) is 5.92 Å². The number of halogens is 2. The third kappa shape index (κ3) is 5.12. The number of rotatable bonds is 4. The van der Waals surface area contributed by atoms with Gasteiger partial charge in [0, 0.05) is 37.5 Å². The molecule has 0 spiro atoms. The van der Waals surface area contributed by atoms with Gasteiger partial charge in [0.05, 0.1) is 24.7 Å². The molecule has 1 aromatic carbocycles. The summed E-state index contributed by atoms with van der Waals surface area (Å²) in [6.07, 6.45) is 6.62. The number of nitrogens with one attached hydrogen (secondary N) is 1. The number of hydrogen-bond acceptors (Lipinski definition) is 6. The lowest BCUT2D eigenvalue weighted by Gasteiger charge is -2.31. The molecule has 0 atom stereocenters. The zero-order valence-corrected chi connectivity index (χ0v) is 16.1. The number of aromatic nitrogens is 2. The average molecular weight is 400 g/mol. The van der Waals surface area contributed by atoms with Crippen LogP contribution in [0.5, 0.6) is 5.75 Å². The highest BCUT2D eigenvalue weighted by Crippen LogP contribution is 2.27. The summed E-state index contributed by atoms with van der Waals surface area (Å²) in [5, 5.41) is 2.92. The molecule has 0 aliphatic carbocycles. The van der Waals surface area contributed by atoms with E-state index in [1.54, 1.807) is 43.9 Å². The second-order valence-electron chi connectivity index (χ2n) is 5.77. The van der Waals surface area contributed by atoms with Gasteiger partial charge in [-0.05, 0) is 25.0 Å². The molecule has 26 heavy (non-hydrogen) atoms. The Bertz CT molecular complexity index is 710. The monoisotopic (exact) mass is 399 g/mol. The molecule has 142 valence electrons. The van der Waals surface area contributed by atoms with E-state index in [1.165, 1.54) is 0 Å². The zero-order valence-electron chi connectivity index (χ0n) is 14.4. The summed E-state index contributed by atoms with van der Waals surface area (Å²) in [6, 6.07) is 5.23. The van der Waals surface area contributed by atoms with Gasteiger partial charge < -0.3 is 20.7 Å². The highest BCUT2D eigenvalue weighted by Gasteiger charge is 2.26. The number of nitrogens with zero attached hydrogens (tertiary/aromatic N) is 3. The normalized spacial score (nSPS) is 14.0. The molecule has 0 bridgehead atoms. The molecule has 0 radical (unpaired) electrons. The molecule has 1 aromatic heterocycles. The van der Waals surface area contributed by atoms with Crippen molar-refractivity contribution in [3.05, 3.63) is 36.8 Å². The lowest BCUT2D eigenvalue weighted by molar-refractivity contribution is -0.120. The molecule has 1 saturated heterocycles. The smallest absolute Gasteiger partial charge is 0.227 e. The van der Waals surface area contributed by atoms with Crippen LogP contribution in [-0.2, 0) is 4.79 Å². The summed E-state index contributed by atoms with van der Waals surface area (Å²) in [7, 11) is 1.58. The van der Waals surface area contributed by atoms with Crippen molar-refractivity contribution in [2.24, 2.45) is 5.92 Å². The summed E-state index contributed by atoms with van der Waals surface area (Å²) >= 11 is 0. The number of hydrogen-bond donors (Lipinski definition) is 2. The van der Waals surface area contributed by atoms with Gasteiger partial charge in [0.15, 0.2) is 0 Å². The Morgan fingerprint density at radius 1 is 1.27 bits per heavy atom. The van der Waals surface area contributed by atoms with E-state index < -0.39 is 0 Å². The third-order valence-electron chi connectivity index (χ3n) is 4.26. The zero-order chi connectivity index (χ0) is 16.9. The van der Waals surface area contributed by atoms with Crippen LogP contribution in [0.1, 0.15) is 12.8 Å². The minimum atomic E-state index is -0.0384. The van der Waals surface area contributed by atoms with Crippen LogP contribution in [0.3, 0.4) is 0 Å². The number of nitrogens with two attached hydrogens (primary N) is 1. The molecule has 1 fully saturated rings. The minimum Gasteiger partial charge on any atom is -0.497 e. The lowest BCUT2D eigenvalue weighted by atomic mass is 9.96. The van der Waals surface area contributed by atoms with Crippen molar-refractivity contribution in [1.29, 1.82) is 0 Å². The Hall–Kier alpha value is -2.25. The van der Waals surface area contributed by atoms with Crippen molar-refractivity contribution < 1.29 is 9.53 Å². The van der Waals surface area contributed by atoms with Crippen molar-refractivity contribution in [3.63, 3.8) is 0 Å². The van der Waals surface area contributed by atoms with Gasteiger partial charge in [-0.2, -0.15) is 0 Å². The number of carbonyl (C=O) groups excluding carboxylic acids is 1. The molecule has 0 unspecified atom stereocenters. The number of methoxy groups -OCH3 is 1. The quantitative estimate of drug-likeness (QED) is 0.767. The number of carbonyl (C=O) groups is 1. The molecule has 9 heteroatoms. The number of nitrogen functional groups attached to an aromatic ring is 1. The van der Waals surface area contributed by atoms with Crippen molar-refractivity contribution >= 4 is 47.9 Å². The first-order valence-corrected chi connectivity index (χ1v) is 7.92. The maximum absolute atomic E-state index is 12.5. The minimum absolute atomic E-state index is 0. The molecule has 1 aliphatic rings. The Morgan fingerprint density at radius 2 is 2.00 bits per heavy atom. The van der Waals surface area contributed by atoms with Gasteiger partial charge in [0.2, 0.25) is 5.91 Å². The summed E-state index contributed by atoms with van der Waals surface area (Å²) in [5.74, 6) is 1.47. The van der Waals surface area contributed by atoms with Crippen molar-refractivity contribution in [2.45, 2.75) is 12.8 Å². The van der Waals surface area contributed by atoms with Crippen LogP contribution in [0.2, 0.25) is 0 Å².